The van der Waals surface area contributed by atoms with E-state index in [2.05, 4.69) is 5.10 Å². The fraction of sp³-hybridized carbons (Fsp3) is 0.250. The zero-order chi connectivity index (χ0) is 30.3. The molecule has 0 fully saturated rings. The van der Waals surface area contributed by atoms with Gasteiger partial charge in [-0.05, 0) is 60.4 Å². The summed E-state index contributed by atoms with van der Waals surface area (Å²) in [6, 6.07) is 11.8. The lowest BCUT2D eigenvalue weighted by molar-refractivity contribution is 0.0693. The molecule has 0 saturated heterocycles. The highest BCUT2D eigenvalue weighted by atomic mass is 19.1. The summed E-state index contributed by atoms with van der Waals surface area (Å²) in [4.78, 5) is 11.8. The number of carboxylic acids is 1. The van der Waals surface area contributed by atoms with Gasteiger partial charge in [0.25, 0.3) is 0 Å². The molecule has 218 valence electrons. The van der Waals surface area contributed by atoms with Gasteiger partial charge in [0.2, 0.25) is 0 Å². The first-order chi connectivity index (χ1) is 20.0. The lowest BCUT2D eigenvalue weighted by Crippen LogP contribution is -2.23. The molecule has 2 heterocycles. The predicted octanol–water partition coefficient (Wildman–Crippen LogP) is 6.64. The maximum atomic E-state index is 15.0. The Balaban J connectivity index is 1.88. The molecule has 5 rings (SSSR count). The highest BCUT2D eigenvalue weighted by Crippen LogP contribution is 2.48. The Morgan fingerprint density at radius 1 is 1.00 bits per heavy atom. The summed E-state index contributed by atoms with van der Waals surface area (Å²) in [5, 5.41) is 25.3. The van der Waals surface area contributed by atoms with Crippen LogP contribution in [0.5, 0.6) is 17.2 Å². The zero-order valence-corrected chi connectivity index (χ0v) is 23.9. The second-order valence-corrected chi connectivity index (χ2v) is 10.8. The van der Waals surface area contributed by atoms with E-state index in [-0.39, 0.29) is 22.4 Å². The molecule has 0 atom stereocenters. The van der Waals surface area contributed by atoms with Crippen LogP contribution in [0.15, 0.2) is 60.9 Å². The van der Waals surface area contributed by atoms with Crippen LogP contribution in [0.4, 0.5) is 8.78 Å². The average Bonchev–Trinajstić information content (AvgIpc) is 3.55. The van der Waals surface area contributed by atoms with Gasteiger partial charge in [-0.2, -0.15) is 5.10 Å². The Morgan fingerprint density at radius 2 is 1.71 bits per heavy atom. The number of fused-ring (bicyclic) bond motifs is 1. The van der Waals surface area contributed by atoms with Crippen LogP contribution in [-0.4, -0.2) is 44.7 Å². The van der Waals surface area contributed by atoms with Crippen molar-refractivity contribution in [3.05, 3.63) is 89.4 Å². The molecule has 0 spiro atoms. The smallest absolute Gasteiger partial charge is 0.339 e. The first-order valence-electron chi connectivity index (χ1n) is 13.3. The predicted molar refractivity (Wildman–Crippen MR) is 155 cm³/mol. The Hall–Kier alpha value is -4.86. The SMILES string of the molecule is COc1cc(-n2c(C(C)(C)CCc3cnn(C)c3)c(-c3ccc(C(=O)O)c(OC)c3)c3c(O)c(F)ccc32)ccc1F. The number of carboxylic acid groups (broad SMARTS) is 1. The molecule has 0 saturated carbocycles. The van der Waals surface area contributed by atoms with E-state index in [0.717, 1.165) is 5.56 Å². The first kappa shape index (κ1) is 28.7. The summed E-state index contributed by atoms with van der Waals surface area (Å²) in [6.45, 7) is 4.07. The van der Waals surface area contributed by atoms with Gasteiger partial charge in [0, 0.05) is 41.7 Å². The molecule has 2 N–H and O–H groups in total. The molecule has 0 bridgehead atoms. The van der Waals surface area contributed by atoms with Crippen molar-refractivity contribution in [1.82, 2.24) is 14.3 Å². The van der Waals surface area contributed by atoms with Crippen LogP contribution >= 0.6 is 0 Å². The number of hydrogen-bond acceptors (Lipinski definition) is 5. The van der Waals surface area contributed by atoms with Crippen LogP contribution in [0.25, 0.3) is 27.7 Å². The number of methoxy groups -OCH3 is 2. The standard InChI is InChI=1S/C32H31F2N3O5/c1-32(2,13-12-18-16-35-36(3)17-18)30-27(19-6-8-21(31(39)40)25(14-19)41-4)28-24(11-10-23(34)29(28)38)37(30)20-7-9-22(33)26(15-20)42-5/h6-11,14-17,38H,12-13H2,1-5H3,(H,39,40). The largest absolute Gasteiger partial charge is 0.504 e. The maximum absolute atomic E-state index is 15.0. The second-order valence-electron chi connectivity index (χ2n) is 10.8. The van der Waals surface area contributed by atoms with Crippen LogP contribution in [-0.2, 0) is 18.9 Å². The Morgan fingerprint density at radius 3 is 2.36 bits per heavy atom. The third kappa shape index (κ3) is 4.93. The molecule has 0 aliphatic carbocycles. The number of aryl methyl sites for hydroxylation is 2. The molecule has 0 amide bonds. The number of halogens is 2. The third-order valence-corrected chi connectivity index (χ3v) is 7.61. The summed E-state index contributed by atoms with van der Waals surface area (Å²) in [7, 11) is 4.59. The summed E-state index contributed by atoms with van der Waals surface area (Å²) in [5.74, 6) is -2.94. The number of rotatable bonds is 9. The topological polar surface area (TPSA) is 98.7 Å². The van der Waals surface area contributed by atoms with E-state index < -0.39 is 28.8 Å². The number of carbonyl (C=O) groups is 1. The van der Waals surface area contributed by atoms with Crippen molar-refractivity contribution in [3.63, 3.8) is 0 Å². The van der Waals surface area contributed by atoms with Gasteiger partial charge in [-0.25, -0.2) is 13.6 Å². The summed E-state index contributed by atoms with van der Waals surface area (Å²) >= 11 is 0. The number of nitrogens with zero attached hydrogens (tertiary/aromatic N) is 3. The van der Waals surface area contributed by atoms with E-state index in [1.165, 1.54) is 32.4 Å². The fourth-order valence-corrected chi connectivity index (χ4v) is 5.52. The van der Waals surface area contributed by atoms with Crippen molar-refractivity contribution in [1.29, 1.82) is 0 Å². The van der Waals surface area contributed by atoms with E-state index in [1.807, 2.05) is 31.7 Å². The highest BCUT2D eigenvalue weighted by Gasteiger charge is 2.34. The van der Waals surface area contributed by atoms with Crippen LogP contribution in [0.2, 0.25) is 0 Å². The minimum absolute atomic E-state index is 0.0221. The van der Waals surface area contributed by atoms with Gasteiger partial charge in [-0.3, -0.25) is 4.68 Å². The lowest BCUT2D eigenvalue weighted by Gasteiger charge is -2.29. The van der Waals surface area contributed by atoms with Gasteiger partial charge < -0.3 is 24.3 Å². The average molecular weight is 576 g/mol. The van der Waals surface area contributed by atoms with E-state index >= 15 is 4.39 Å². The Kier molecular flexibility index (Phi) is 7.40. The molecule has 0 aliphatic heterocycles. The molecule has 10 heteroatoms. The van der Waals surface area contributed by atoms with Crippen molar-refractivity contribution in [2.75, 3.05) is 14.2 Å². The Bertz CT molecular complexity index is 1820. The number of phenols is 1. The van der Waals surface area contributed by atoms with Gasteiger partial charge in [-0.15, -0.1) is 0 Å². The van der Waals surface area contributed by atoms with Crippen LogP contribution in [0, 0.1) is 11.6 Å². The van der Waals surface area contributed by atoms with Crippen molar-refractivity contribution in [2.24, 2.45) is 7.05 Å². The van der Waals surface area contributed by atoms with Crippen molar-refractivity contribution in [3.8, 4) is 34.1 Å². The summed E-state index contributed by atoms with van der Waals surface area (Å²) in [5.41, 5.74) is 3.07. The molecule has 2 aromatic heterocycles. The van der Waals surface area contributed by atoms with E-state index in [9.17, 15) is 19.4 Å². The number of benzene rings is 3. The number of aromatic nitrogens is 3. The number of aromatic hydroxyl groups is 1. The molecule has 0 aliphatic rings. The van der Waals surface area contributed by atoms with Crippen LogP contribution in [0.1, 0.15) is 41.9 Å². The number of ether oxygens (including phenoxy) is 2. The summed E-state index contributed by atoms with van der Waals surface area (Å²) in [6.07, 6.45) is 5.02. The Labute approximate surface area is 241 Å². The van der Waals surface area contributed by atoms with Gasteiger partial charge in [0.05, 0.1) is 31.3 Å². The normalized spacial score (nSPS) is 11.7. The minimum Gasteiger partial charge on any atom is -0.504 e. The van der Waals surface area contributed by atoms with Crippen LogP contribution in [0.3, 0.4) is 0 Å². The van der Waals surface area contributed by atoms with Gasteiger partial charge in [0.1, 0.15) is 11.3 Å². The molecule has 3 aromatic carbocycles. The quantitative estimate of drug-likeness (QED) is 0.204. The van der Waals surface area contributed by atoms with Crippen molar-refractivity contribution >= 4 is 16.9 Å². The minimum atomic E-state index is -1.16. The fourth-order valence-electron chi connectivity index (χ4n) is 5.52. The van der Waals surface area contributed by atoms with Crippen molar-refractivity contribution in [2.45, 2.75) is 32.1 Å². The van der Waals surface area contributed by atoms with E-state index in [4.69, 9.17) is 9.47 Å². The van der Waals surface area contributed by atoms with Gasteiger partial charge in [0.15, 0.2) is 23.1 Å². The molecule has 0 unspecified atom stereocenters. The maximum Gasteiger partial charge on any atom is 0.339 e. The third-order valence-electron chi connectivity index (χ3n) is 7.61. The second kappa shape index (κ2) is 10.8. The number of hydrogen-bond donors (Lipinski definition) is 2. The molecular formula is C32H31F2N3O5. The van der Waals surface area contributed by atoms with E-state index in [0.29, 0.717) is 40.9 Å². The first-order valence-corrected chi connectivity index (χ1v) is 13.3. The van der Waals surface area contributed by atoms with Crippen molar-refractivity contribution < 1.29 is 33.3 Å². The molecule has 5 aromatic rings. The molecule has 42 heavy (non-hydrogen) atoms. The monoisotopic (exact) mass is 575 g/mol. The molecule has 0 radical (unpaired) electrons. The number of phenolic OH excluding ortho intramolecular Hbond substituents is 1. The van der Waals surface area contributed by atoms with Gasteiger partial charge >= 0.3 is 5.97 Å². The zero-order valence-electron chi connectivity index (χ0n) is 23.9. The van der Waals surface area contributed by atoms with Crippen LogP contribution < -0.4 is 9.47 Å². The van der Waals surface area contributed by atoms with E-state index in [1.54, 1.807) is 41.2 Å². The highest BCUT2D eigenvalue weighted by molar-refractivity contribution is 6.04. The summed E-state index contributed by atoms with van der Waals surface area (Å²) < 4.78 is 43.8. The molecular weight excluding hydrogens is 544 g/mol. The lowest BCUT2D eigenvalue weighted by atomic mass is 9.79. The number of aromatic carboxylic acids is 1. The van der Waals surface area contributed by atoms with Gasteiger partial charge in [-0.1, -0.05) is 19.9 Å². The molecule has 8 nitrogen and oxygen atoms in total.